The molecule has 0 bridgehead atoms. The molecule has 1 aliphatic heterocycles. The van der Waals surface area contributed by atoms with Crippen LogP contribution in [0.5, 0.6) is 0 Å². The monoisotopic (exact) mass is 344 g/mol. The highest BCUT2D eigenvalue weighted by molar-refractivity contribution is 6.31. The Morgan fingerprint density at radius 1 is 1.25 bits per heavy atom. The third-order valence-electron chi connectivity index (χ3n) is 4.27. The van der Waals surface area contributed by atoms with Gasteiger partial charge in [0.1, 0.15) is 0 Å². The van der Waals surface area contributed by atoms with Crippen molar-refractivity contribution in [1.29, 1.82) is 0 Å². The third-order valence-corrected chi connectivity index (χ3v) is 4.64. The molecule has 0 aliphatic carbocycles. The maximum absolute atomic E-state index is 12.5. The Balaban J connectivity index is 1.53. The van der Waals surface area contributed by atoms with Crippen molar-refractivity contribution in [2.45, 2.75) is 25.4 Å². The molecule has 1 saturated heterocycles. The smallest absolute Gasteiger partial charge is 0.223 e. The predicted octanol–water partition coefficient (Wildman–Crippen LogP) is 3.14. The molecule has 24 heavy (non-hydrogen) atoms. The number of amides is 1. The Bertz CT molecular complexity index is 678. The minimum absolute atomic E-state index is 0.00326. The molecule has 1 fully saturated rings. The first-order chi connectivity index (χ1) is 11.7. The van der Waals surface area contributed by atoms with Crippen LogP contribution in [0.2, 0.25) is 5.02 Å². The largest absolute Gasteiger partial charge is 0.374 e. The van der Waals surface area contributed by atoms with Crippen molar-refractivity contribution in [2.24, 2.45) is 0 Å². The topological polar surface area (TPSA) is 42.4 Å². The van der Waals surface area contributed by atoms with E-state index in [9.17, 15) is 4.79 Å². The number of carbonyl (C=O) groups excluding carboxylic acids is 1. The molecule has 2 aromatic rings. The number of aryl methyl sites for hydroxylation is 1. The Hall–Kier alpha value is -1.91. The highest BCUT2D eigenvalue weighted by Gasteiger charge is 2.24. The molecule has 4 nitrogen and oxygen atoms in total. The molecule has 1 aliphatic rings. The summed E-state index contributed by atoms with van der Waals surface area (Å²) in [6, 6.07) is 11.7. The molecule has 0 radical (unpaired) electrons. The van der Waals surface area contributed by atoms with E-state index in [2.05, 4.69) is 4.98 Å². The fraction of sp³-hybridized carbons (Fsp3) is 0.368. The zero-order valence-corrected chi connectivity index (χ0v) is 14.3. The molecule has 0 N–H and O–H groups in total. The molecule has 0 saturated carbocycles. The lowest BCUT2D eigenvalue weighted by Gasteiger charge is -2.33. The minimum atomic E-state index is 0.00326. The van der Waals surface area contributed by atoms with E-state index in [1.54, 1.807) is 12.4 Å². The normalized spacial score (nSPS) is 17.7. The van der Waals surface area contributed by atoms with Crippen molar-refractivity contribution in [3.05, 3.63) is 64.9 Å². The summed E-state index contributed by atoms with van der Waals surface area (Å²) in [7, 11) is 0. The molecule has 1 aromatic heterocycles. The summed E-state index contributed by atoms with van der Waals surface area (Å²) in [4.78, 5) is 18.4. The van der Waals surface area contributed by atoms with E-state index in [0.717, 1.165) is 29.0 Å². The van der Waals surface area contributed by atoms with Crippen LogP contribution in [-0.4, -0.2) is 41.6 Å². The lowest BCUT2D eigenvalue weighted by Crippen LogP contribution is -2.46. The van der Waals surface area contributed by atoms with Crippen molar-refractivity contribution >= 4 is 17.5 Å². The van der Waals surface area contributed by atoms with E-state index in [1.165, 1.54) is 0 Å². The summed E-state index contributed by atoms with van der Waals surface area (Å²) in [5.74, 6) is 0.180. The minimum Gasteiger partial charge on any atom is -0.374 e. The van der Waals surface area contributed by atoms with Gasteiger partial charge in [-0.2, -0.15) is 0 Å². The summed E-state index contributed by atoms with van der Waals surface area (Å²) in [5, 5.41) is 0.752. The lowest BCUT2D eigenvalue weighted by molar-refractivity contribution is -0.138. The average Bonchev–Trinajstić information content (AvgIpc) is 2.63. The van der Waals surface area contributed by atoms with Crippen molar-refractivity contribution in [2.75, 3.05) is 19.7 Å². The number of pyridine rings is 1. The zero-order valence-electron chi connectivity index (χ0n) is 13.5. The van der Waals surface area contributed by atoms with Crippen molar-refractivity contribution in [3.8, 4) is 0 Å². The maximum atomic E-state index is 12.5. The molecular weight excluding hydrogens is 324 g/mol. The average molecular weight is 345 g/mol. The van der Waals surface area contributed by atoms with Gasteiger partial charge in [0.2, 0.25) is 5.91 Å². The number of carbonyl (C=O) groups is 1. The molecular formula is C19H21ClN2O2. The van der Waals surface area contributed by atoms with Gasteiger partial charge in [0.05, 0.1) is 12.7 Å². The number of hydrogen-bond acceptors (Lipinski definition) is 3. The predicted molar refractivity (Wildman–Crippen MR) is 94.0 cm³/mol. The van der Waals surface area contributed by atoms with Crippen LogP contribution in [0.15, 0.2) is 48.8 Å². The van der Waals surface area contributed by atoms with Crippen LogP contribution >= 0.6 is 11.6 Å². The van der Waals surface area contributed by atoms with Crippen molar-refractivity contribution in [1.82, 2.24) is 9.88 Å². The Kier molecular flexibility index (Phi) is 5.83. The van der Waals surface area contributed by atoms with Gasteiger partial charge in [0.25, 0.3) is 0 Å². The van der Waals surface area contributed by atoms with Crippen LogP contribution < -0.4 is 0 Å². The summed E-state index contributed by atoms with van der Waals surface area (Å²) < 4.78 is 5.82. The quantitative estimate of drug-likeness (QED) is 0.836. The van der Waals surface area contributed by atoms with Crippen LogP contribution in [0.25, 0.3) is 0 Å². The summed E-state index contributed by atoms with van der Waals surface area (Å²) in [5.41, 5.74) is 2.20. The highest BCUT2D eigenvalue weighted by atomic mass is 35.5. The van der Waals surface area contributed by atoms with Gasteiger partial charge in [-0.15, -0.1) is 0 Å². The second kappa shape index (κ2) is 8.27. The molecule has 0 spiro atoms. The molecule has 3 rings (SSSR count). The van der Waals surface area contributed by atoms with Crippen LogP contribution in [0.1, 0.15) is 17.5 Å². The van der Waals surface area contributed by atoms with E-state index < -0.39 is 0 Å². The molecule has 1 atom stereocenters. The van der Waals surface area contributed by atoms with Gasteiger partial charge in [-0.05, 0) is 35.7 Å². The van der Waals surface area contributed by atoms with E-state index in [0.29, 0.717) is 26.1 Å². The zero-order chi connectivity index (χ0) is 16.8. The van der Waals surface area contributed by atoms with Gasteiger partial charge in [0, 0.05) is 43.3 Å². The number of rotatable bonds is 5. The van der Waals surface area contributed by atoms with E-state index in [4.69, 9.17) is 16.3 Å². The number of aromatic nitrogens is 1. The summed E-state index contributed by atoms with van der Waals surface area (Å²) in [6.45, 7) is 1.87. The number of benzene rings is 1. The van der Waals surface area contributed by atoms with Gasteiger partial charge < -0.3 is 9.64 Å². The Morgan fingerprint density at radius 3 is 2.83 bits per heavy atom. The molecule has 1 amide bonds. The van der Waals surface area contributed by atoms with E-state index >= 15 is 0 Å². The standard InChI is InChI=1S/C19H21ClN2O2/c20-18-4-2-1-3-16(18)13-17-14-22(11-12-24-17)19(23)6-5-15-7-9-21-10-8-15/h1-4,7-10,17H,5-6,11-14H2/t17-/m1/s1. The SMILES string of the molecule is O=C(CCc1ccncc1)N1CCO[C@H](Cc2ccccc2Cl)C1. The first-order valence-corrected chi connectivity index (χ1v) is 8.62. The van der Waals surface area contributed by atoms with Crippen LogP contribution in [0.4, 0.5) is 0 Å². The highest BCUT2D eigenvalue weighted by Crippen LogP contribution is 2.20. The van der Waals surface area contributed by atoms with Crippen molar-refractivity contribution in [3.63, 3.8) is 0 Å². The lowest BCUT2D eigenvalue weighted by atomic mass is 10.1. The van der Waals surface area contributed by atoms with E-state index in [-0.39, 0.29) is 12.0 Å². The number of nitrogens with zero attached hydrogens (tertiary/aromatic N) is 2. The molecule has 1 aromatic carbocycles. The van der Waals surface area contributed by atoms with Gasteiger partial charge in [-0.1, -0.05) is 29.8 Å². The second-order valence-electron chi connectivity index (χ2n) is 5.98. The Morgan fingerprint density at radius 2 is 2.04 bits per heavy atom. The molecule has 2 heterocycles. The fourth-order valence-corrected chi connectivity index (χ4v) is 3.15. The number of morpholine rings is 1. The second-order valence-corrected chi connectivity index (χ2v) is 6.39. The molecule has 0 unspecified atom stereocenters. The van der Waals surface area contributed by atoms with Crippen LogP contribution in [0.3, 0.4) is 0 Å². The first kappa shape index (κ1) is 16.9. The van der Waals surface area contributed by atoms with Crippen molar-refractivity contribution < 1.29 is 9.53 Å². The third kappa shape index (κ3) is 4.56. The van der Waals surface area contributed by atoms with Gasteiger partial charge >= 0.3 is 0 Å². The first-order valence-electron chi connectivity index (χ1n) is 8.24. The Labute approximate surface area is 147 Å². The number of hydrogen-bond donors (Lipinski definition) is 0. The summed E-state index contributed by atoms with van der Waals surface area (Å²) in [6.07, 6.45) is 5.51. The van der Waals surface area contributed by atoms with Crippen LogP contribution in [-0.2, 0) is 22.4 Å². The maximum Gasteiger partial charge on any atom is 0.223 e. The molecule has 126 valence electrons. The van der Waals surface area contributed by atoms with Gasteiger partial charge in [-0.25, -0.2) is 0 Å². The van der Waals surface area contributed by atoms with Gasteiger partial charge in [-0.3, -0.25) is 9.78 Å². The van der Waals surface area contributed by atoms with E-state index in [1.807, 2.05) is 41.3 Å². The number of halogens is 1. The van der Waals surface area contributed by atoms with Gasteiger partial charge in [0.15, 0.2) is 0 Å². The fourth-order valence-electron chi connectivity index (χ4n) is 2.94. The molecule has 5 heteroatoms. The summed E-state index contributed by atoms with van der Waals surface area (Å²) >= 11 is 6.22. The van der Waals surface area contributed by atoms with Crippen LogP contribution in [0, 0.1) is 0 Å². The number of ether oxygens (including phenoxy) is 1.